The van der Waals surface area contributed by atoms with Crippen LogP contribution in [0.4, 0.5) is 0 Å². The summed E-state index contributed by atoms with van der Waals surface area (Å²) in [6.45, 7) is 2.81. The molecule has 96 valence electrons. The van der Waals surface area contributed by atoms with Crippen molar-refractivity contribution in [1.82, 2.24) is 0 Å². The first-order valence-electron chi connectivity index (χ1n) is 5.28. The molecule has 0 aromatic carbocycles. The van der Waals surface area contributed by atoms with Crippen LogP contribution in [0.25, 0.3) is 0 Å². The molecule has 1 aliphatic rings. The van der Waals surface area contributed by atoms with Crippen molar-refractivity contribution < 1.29 is 14.7 Å². The molecule has 1 saturated carbocycles. The number of carboxylic acid groups (broad SMARTS) is 1. The number of carbonyl (C=O) groups excluding carboxylic acids is 1. The van der Waals surface area contributed by atoms with Crippen molar-refractivity contribution in [3.8, 4) is 0 Å². The van der Waals surface area contributed by atoms with Crippen LogP contribution in [0, 0.1) is 0 Å². The van der Waals surface area contributed by atoms with E-state index in [9.17, 15) is 4.79 Å². The molecule has 1 aliphatic carbocycles. The van der Waals surface area contributed by atoms with Crippen LogP contribution in [0.1, 0.15) is 39.5 Å². The number of aliphatic carboxylic acids is 1. The Balaban J connectivity index is 0. The average Bonchev–Trinajstić information content (AvgIpc) is 2.50. The minimum atomic E-state index is -0.833. The normalized spacial score (nSPS) is 22.2. The number of amides is 1. The lowest BCUT2D eigenvalue weighted by Gasteiger charge is -1.97. The second kappa shape index (κ2) is 10.4. The minimum absolute atomic E-state index is 0.245. The van der Waals surface area contributed by atoms with E-state index in [1.807, 2.05) is 0 Å². The van der Waals surface area contributed by atoms with Crippen LogP contribution in [-0.2, 0) is 9.59 Å². The monoisotopic (exact) mass is 233 g/mol. The van der Waals surface area contributed by atoms with Gasteiger partial charge in [0.1, 0.15) is 0 Å². The molecule has 0 aliphatic heterocycles. The highest BCUT2D eigenvalue weighted by molar-refractivity contribution is 5.73. The number of nitrogens with two attached hydrogens (primary N) is 3. The van der Waals surface area contributed by atoms with Gasteiger partial charge in [-0.2, -0.15) is 0 Å². The predicted molar refractivity (Wildman–Crippen MR) is 62.6 cm³/mol. The molecule has 0 unspecified atom stereocenters. The number of hydrogen-bond acceptors (Lipinski definition) is 4. The molecule has 0 heterocycles. The Kier molecular flexibility index (Phi) is 11.2. The van der Waals surface area contributed by atoms with Crippen LogP contribution >= 0.6 is 0 Å². The molecule has 1 fully saturated rings. The molecule has 0 radical (unpaired) electrons. The molecule has 7 N–H and O–H groups in total. The van der Waals surface area contributed by atoms with Crippen molar-refractivity contribution >= 4 is 11.9 Å². The van der Waals surface area contributed by atoms with Crippen molar-refractivity contribution in [2.24, 2.45) is 17.2 Å². The third-order valence-corrected chi connectivity index (χ3v) is 1.86. The quantitative estimate of drug-likeness (QED) is 0.497. The highest BCUT2D eigenvalue weighted by atomic mass is 16.4. The Morgan fingerprint density at radius 3 is 1.56 bits per heavy atom. The summed E-state index contributed by atoms with van der Waals surface area (Å²) in [6, 6.07) is 0.796. The Hall–Kier alpha value is -1.14. The summed E-state index contributed by atoms with van der Waals surface area (Å²) in [6.07, 6.45) is 3.72. The fourth-order valence-electron chi connectivity index (χ4n) is 1.05. The number of rotatable bonds is 1. The zero-order valence-electron chi connectivity index (χ0n) is 9.98. The van der Waals surface area contributed by atoms with E-state index in [0.29, 0.717) is 18.5 Å². The Bertz CT molecular complexity index is 197. The third-order valence-electron chi connectivity index (χ3n) is 1.86. The van der Waals surface area contributed by atoms with Crippen LogP contribution in [0.3, 0.4) is 0 Å². The van der Waals surface area contributed by atoms with Crippen molar-refractivity contribution in [2.75, 3.05) is 0 Å². The van der Waals surface area contributed by atoms with Gasteiger partial charge in [0.05, 0.1) is 0 Å². The largest absolute Gasteiger partial charge is 0.481 e. The van der Waals surface area contributed by atoms with E-state index in [2.05, 4.69) is 5.73 Å². The minimum Gasteiger partial charge on any atom is -0.481 e. The van der Waals surface area contributed by atoms with E-state index in [1.165, 1.54) is 0 Å². The number of carbonyl (C=O) groups is 2. The van der Waals surface area contributed by atoms with Gasteiger partial charge in [0.25, 0.3) is 5.97 Å². The van der Waals surface area contributed by atoms with Crippen LogP contribution in [0.15, 0.2) is 0 Å². The molecule has 6 heteroatoms. The van der Waals surface area contributed by atoms with Crippen LogP contribution < -0.4 is 17.2 Å². The van der Waals surface area contributed by atoms with E-state index >= 15 is 0 Å². The van der Waals surface area contributed by atoms with Crippen molar-refractivity contribution in [3.05, 3.63) is 0 Å². The molecule has 0 saturated heterocycles. The average molecular weight is 233 g/mol. The Labute approximate surface area is 96.2 Å². The van der Waals surface area contributed by atoms with Crippen molar-refractivity contribution in [1.29, 1.82) is 0 Å². The maximum atomic E-state index is 9.59. The fourth-order valence-corrected chi connectivity index (χ4v) is 1.05. The molecule has 2 atom stereocenters. The van der Waals surface area contributed by atoms with E-state index < -0.39 is 5.97 Å². The molecule has 16 heavy (non-hydrogen) atoms. The van der Waals surface area contributed by atoms with Gasteiger partial charge in [-0.25, -0.2) is 0 Å². The maximum Gasteiger partial charge on any atom is 0.300 e. The first-order valence-corrected chi connectivity index (χ1v) is 5.28. The number of primary amides is 1. The first-order chi connectivity index (χ1) is 7.29. The Morgan fingerprint density at radius 1 is 1.25 bits per heavy atom. The summed E-state index contributed by atoms with van der Waals surface area (Å²) in [4.78, 5) is 18.6. The SMILES string of the molecule is CC(=O)O.CCC(N)=O.N[C@@H]1CC[C@H](N)C1. The predicted octanol–water partition coefficient (Wildman–Crippen LogP) is -0.202. The molecule has 6 nitrogen and oxygen atoms in total. The van der Waals surface area contributed by atoms with Gasteiger partial charge >= 0.3 is 0 Å². The molecule has 0 aromatic rings. The molecule has 1 rings (SSSR count). The van der Waals surface area contributed by atoms with E-state index in [4.69, 9.17) is 21.4 Å². The smallest absolute Gasteiger partial charge is 0.300 e. The second-order valence-corrected chi connectivity index (χ2v) is 3.67. The van der Waals surface area contributed by atoms with E-state index in [0.717, 1.165) is 26.2 Å². The summed E-state index contributed by atoms with van der Waals surface area (Å²) in [5.41, 5.74) is 15.7. The standard InChI is InChI=1S/C5H12N2.C3H7NO.C2H4O2/c6-4-1-2-5(7)3-4;1-2-3(4)5;1-2(3)4/h4-5H,1-3,6-7H2;2H2,1H3,(H2,4,5);1H3,(H,3,4)/t4-,5+;;. The van der Waals surface area contributed by atoms with Crippen molar-refractivity contribution in [2.45, 2.75) is 51.6 Å². The molecule has 0 aromatic heterocycles. The first kappa shape index (κ1) is 17.3. The van der Waals surface area contributed by atoms with Gasteiger partial charge in [0, 0.05) is 25.4 Å². The lowest BCUT2D eigenvalue weighted by Crippen LogP contribution is -2.20. The summed E-state index contributed by atoms with van der Waals surface area (Å²) >= 11 is 0. The molecular weight excluding hydrogens is 210 g/mol. The second-order valence-electron chi connectivity index (χ2n) is 3.67. The number of hydrogen-bond donors (Lipinski definition) is 4. The van der Waals surface area contributed by atoms with Gasteiger partial charge in [-0.15, -0.1) is 0 Å². The lowest BCUT2D eigenvalue weighted by molar-refractivity contribution is -0.134. The molecular formula is C10H23N3O3. The zero-order valence-corrected chi connectivity index (χ0v) is 9.98. The molecule has 1 amide bonds. The van der Waals surface area contributed by atoms with E-state index in [1.54, 1.807) is 6.92 Å². The topological polar surface area (TPSA) is 132 Å². The summed E-state index contributed by atoms with van der Waals surface area (Å²) in [7, 11) is 0. The van der Waals surface area contributed by atoms with Crippen molar-refractivity contribution in [3.63, 3.8) is 0 Å². The highest BCUT2D eigenvalue weighted by Gasteiger charge is 2.16. The van der Waals surface area contributed by atoms with Gasteiger partial charge < -0.3 is 22.3 Å². The fraction of sp³-hybridized carbons (Fsp3) is 0.800. The van der Waals surface area contributed by atoms with Gasteiger partial charge in [0.15, 0.2) is 0 Å². The van der Waals surface area contributed by atoms with Gasteiger partial charge in [-0.1, -0.05) is 6.92 Å². The van der Waals surface area contributed by atoms with Gasteiger partial charge in [0.2, 0.25) is 5.91 Å². The highest BCUT2D eigenvalue weighted by Crippen LogP contribution is 2.13. The zero-order chi connectivity index (χ0) is 13.1. The Morgan fingerprint density at radius 2 is 1.50 bits per heavy atom. The molecule has 0 bridgehead atoms. The number of carboxylic acids is 1. The summed E-state index contributed by atoms with van der Waals surface area (Å²) in [5.74, 6) is -1.08. The maximum absolute atomic E-state index is 9.59. The van der Waals surface area contributed by atoms with Crippen LogP contribution in [-0.4, -0.2) is 29.1 Å². The van der Waals surface area contributed by atoms with Crippen LogP contribution in [0.5, 0.6) is 0 Å². The summed E-state index contributed by atoms with van der Waals surface area (Å²) in [5, 5.41) is 7.42. The van der Waals surface area contributed by atoms with E-state index in [-0.39, 0.29) is 5.91 Å². The van der Waals surface area contributed by atoms with Crippen LogP contribution in [0.2, 0.25) is 0 Å². The third kappa shape index (κ3) is 18.6. The van der Waals surface area contributed by atoms with Gasteiger partial charge in [-0.05, 0) is 19.3 Å². The molecule has 0 spiro atoms. The summed E-state index contributed by atoms with van der Waals surface area (Å²) < 4.78 is 0. The lowest BCUT2D eigenvalue weighted by atomic mass is 10.2. The van der Waals surface area contributed by atoms with Gasteiger partial charge in [-0.3, -0.25) is 9.59 Å².